The highest BCUT2D eigenvalue weighted by molar-refractivity contribution is 6.18. The smallest absolute Gasteiger partial charge is 0.222 e. The lowest BCUT2D eigenvalue weighted by molar-refractivity contribution is -0.121. The highest BCUT2D eigenvalue weighted by Gasteiger charge is 2.43. The topological polar surface area (TPSA) is 80.7 Å². The molecule has 39 heavy (non-hydrogen) atoms. The monoisotopic (exact) mass is 522 g/mol. The van der Waals surface area contributed by atoms with Crippen molar-refractivity contribution in [3.63, 3.8) is 0 Å². The van der Waals surface area contributed by atoms with Crippen molar-refractivity contribution in [1.29, 1.82) is 0 Å². The maximum Gasteiger partial charge on any atom is 0.222 e. The van der Waals surface area contributed by atoms with Crippen LogP contribution in [0.2, 0.25) is 0 Å². The number of hydrogen-bond acceptors (Lipinski definition) is 4. The van der Waals surface area contributed by atoms with E-state index in [4.69, 9.17) is 15.7 Å². The Morgan fingerprint density at radius 2 is 2.00 bits per heavy atom. The second kappa shape index (κ2) is 10.5. The first-order chi connectivity index (χ1) is 18.9. The van der Waals surface area contributed by atoms with E-state index in [0.717, 1.165) is 53.8 Å². The van der Waals surface area contributed by atoms with Gasteiger partial charge in [-0.05, 0) is 78.5 Å². The normalized spacial score (nSPS) is 30.7. The van der Waals surface area contributed by atoms with Crippen LogP contribution < -0.4 is 5.73 Å². The third kappa shape index (κ3) is 4.93. The molecule has 200 valence electrons. The summed E-state index contributed by atoms with van der Waals surface area (Å²) >= 11 is 0. The summed E-state index contributed by atoms with van der Waals surface area (Å²) in [6.07, 6.45) is 16.3. The summed E-state index contributed by atoms with van der Waals surface area (Å²) in [4.78, 5) is 27.0. The van der Waals surface area contributed by atoms with Crippen LogP contribution in [-0.4, -0.2) is 34.4 Å². The number of pyridine rings is 1. The molecule has 6 rings (SSSR count). The van der Waals surface area contributed by atoms with Crippen LogP contribution in [0.5, 0.6) is 0 Å². The SMILES string of the molecule is CCc1cccc(C2C=C3C(=NC4CCCC4C(N)=O)C=CC(c4cccnc4)=NC3C(C3CC3C)=C2)c1F. The molecule has 0 spiro atoms. The van der Waals surface area contributed by atoms with E-state index in [-0.39, 0.29) is 35.6 Å². The van der Waals surface area contributed by atoms with Crippen molar-refractivity contribution in [3.8, 4) is 0 Å². The highest BCUT2D eigenvalue weighted by atomic mass is 19.1. The average molecular weight is 523 g/mol. The number of nitrogens with two attached hydrogens (primary N) is 1. The number of carbonyl (C=O) groups excluding carboxylic acids is 1. The number of hydrogen-bond donors (Lipinski definition) is 1. The number of halogens is 1. The van der Waals surface area contributed by atoms with Crippen LogP contribution in [0.4, 0.5) is 4.39 Å². The zero-order valence-electron chi connectivity index (χ0n) is 22.6. The Balaban J connectivity index is 1.52. The molecule has 0 radical (unpaired) electrons. The molecular formula is C33H35FN4O. The van der Waals surface area contributed by atoms with Crippen molar-refractivity contribution >= 4 is 17.3 Å². The van der Waals surface area contributed by atoms with E-state index in [2.05, 4.69) is 24.1 Å². The lowest BCUT2D eigenvalue weighted by atomic mass is 9.79. The number of nitrogens with zero attached hydrogens (tertiary/aromatic N) is 3. The van der Waals surface area contributed by atoms with Gasteiger partial charge in [-0.15, -0.1) is 0 Å². The summed E-state index contributed by atoms with van der Waals surface area (Å²) in [5.41, 5.74) is 12.0. The van der Waals surface area contributed by atoms with Crippen molar-refractivity contribution in [1.82, 2.24) is 4.98 Å². The first-order valence-corrected chi connectivity index (χ1v) is 14.2. The molecule has 5 nitrogen and oxygen atoms in total. The number of primary amides is 1. The van der Waals surface area contributed by atoms with E-state index < -0.39 is 0 Å². The van der Waals surface area contributed by atoms with Gasteiger partial charge in [0.05, 0.1) is 29.4 Å². The summed E-state index contributed by atoms with van der Waals surface area (Å²) in [5.74, 6) is 0.0712. The largest absolute Gasteiger partial charge is 0.369 e. The number of allylic oxidation sites excluding steroid dienone is 4. The van der Waals surface area contributed by atoms with Crippen molar-refractivity contribution in [2.24, 2.45) is 33.5 Å². The lowest BCUT2D eigenvalue weighted by Crippen LogP contribution is -2.30. The molecule has 6 unspecified atom stereocenters. The van der Waals surface area contributed by atoms with Crippen LogP contribution in [-0.2, 0) is 11.2 Å². The molecule has 1 amide bonds. The van der Waals surface area contributed by atoms with Gasteiger partial charge in [-0.1, -0.05) is 50.6 Å². The van der Waals surface area contributed by atoms with Crippen LogP contribution in [0.25, 0.3) is 0 Å². The lowest BCUT2D eigenvalue weighted by Gasteiger charge is -2.29. The number of amides is 1. The molecule has 2 aromatic rings. The summed E-state index contributed by atoms with van der Waals surface area (Å²) < 4.78 is 15.6. The van der Waals surface area contributed by atoms with Crippen LogP contribution in [0, 0.1) is 23.6 Å². The Hall–Kier alpha value is -3.67. The van der Waals surface area contributed by atoms with Gasteiger partial charge in [-0.2, -0.15) is 0 Å². The molecule has 1 aliphatic heterocycles. The number of benzene rings is 1. The summed E-state index contributed by atoms with van der Waals surface area (Å²) in [5, 5.41) is 0. The molecule has 1 aromatic carbocycles. The molecule has 4 aliphatic rings. The summed E-state index contributed by atoms with van der Waals surface area (Å²) in [6.45, 7) is 4.25. The van der Waals surface area contributed by atoms with E-state index >= 15 is 4.39 Å². The van der Waals surface area contributed by atoms with Gasteiger partial charge in [-0.25, -0.2) is 4.39 Å². The minimum Gasteiger partial charge on any atom is -0.369 e. The minimum atomic E-state index is -0.287. The quantitative estimate of drug-likeness (QED) is 0.479. The molecule has 2 heterocycles. The summed E-state index contributed by atoms with van der Waals surface area (Å²) in [6, 6.07) is 9.27. The standard InChI is InChI=1S/C33H35FN4O/c1-3-20-7-4-9-23(31(20)34)22-16-26(25-15-19(25)2)32-27(17-22)30(37-29-11-5-10-24(29)33(35)39)13-12-28(38-32)21-8-6-14-36-18-21/h4,6-9,12-14,16-19,22,24-25,29,32H,3,5,10-11,15H2,1-2H3,(H2,35,39). The third-order valence-electron chi connectivity index (χ3n) is 8.80. The molecule has 6 heteroatoms. The van der Waals surface area contributed by atoms with Crippen LogP contribution in [0.15, 0.2) is 88.2 Å². The van der Waals surface area contributed by atoms with Crippen LogP contribution >= 0.6 is 0 Å². The van der Waals surface area contributed by atoms with Crippen molar-refractivity contribution < 1.29 is 9.18 Å². The molecule has 1 aromatic heterocycles. The number of aryl methyl sites for hydroxylation is 1. The predicted octanol–water partition coefficient (Wildman–Crippen LogP) is 5.91. The number of rotatable bonds is 6. The fraction of sp³-hybridized carbons (Fsp3) is 0.394. The Labute approximate surface area is 229 Å². The van der Waals surface area contributed by atoms with E-state index in [1.807, 2.05) is 55.6 Å². The first-order valence-electron chi connectivity index (χ1n) is 14.2. The minimum absolute atomic E-state index is 0.133. The van der Waals surface area contributed by atoms with Gasteiger partial charge in [0.15, 0.2) is 0 Å². The number of aliphatic imine (C=N–C) groups is 2. The highest BCUT2D eigenvalue weighted by Crippen LogP contribution is 2.50. The van der Waals surface area contributed by atoms with E-state index in [9.17, 15) is 4.79 Å². The van der Waals surface area contributed by atoms with E-state index in [1.165, 1.54) is 5.57 Å². The van der Waals surface area contributed by atoms with Gasteiger partial charge in [0.25, 0.3) is 0 Å². The van der Waals surface area contributed by atoms with Gasteiger partial charge in [0.2, 0.25) is 5.91 Å². The van der Waals surface area contributed by atoms with Crippen molar-refractivity contribution in [3.05, 3.63) is 101 Å². The molecule has 0 saturated heterocycles. The van der Waals surface area contributed by atoms with Gasteiger partial charge in [-0.3, -0.25) is 19.8 Å². The second-order valence-electron chi connectivity index (χ2n) is 11.3. The fourth-order valence-corrected chi connectivity index (χ4v) is 6.45. The Morgan fingerprint density at radius 1 is 1.15 bits per heavy atom. The number of aromatic nitrogens is 1. The fourth-order valence-electron chi connectivity index (χ4n) is 6.45. The van der Waals surface area contributed by atoms with Crippen molar-refractivity contribution in [2.45, 2.75) is 64.0 Å². The Kier molecular flexibility index (Phi) is 6.88. The van der Waals surface area contributed by atoms with E-state index in [0.29, 0.717) is 23.8 Å². The van der Waals surface area contributed by atoms with E-state index in [1.54, 1.807) is 6.20 Å². The van der Waals surface area contributed by atoms with Gasteiger partial charge in [0, 0.05) is 29.4 Å². The van der Waals surface area contributed by atoms with Gasteiger partial charge >= 0.3 is 0 Å². The van der Waals surface area contributed by atoms with Crippen molar-refractivity contribution in [2.75, 3.05) is 0 Å². The molecule has 6 atom stereocenters. The van der Waals surface area contributed by atoms with Gasteiger partial charge < -0.3 is 5.73 Å². The van der Waals surface area contributed by atoms with Crippen LogP contribution in [0.3, 0.4) is 0 Å². The molecule has 2 saturated carbocycles. The Bertz CT molecular complexity index is 1440. The molecule has 3 aliphatic carbocycles. The number of carbonyl (C=O) groups is 1. The molecule has 0 bridgehead atoms. The molecule has 2 fully saturated rings. The molecular weight excluding hydrogens is 487 g/mol. The first kappa shape index (κ1) is 25.6. The van der Waals surface area contributed by atoms with Gasteiger partial charge in [0.1, 0.15) is 5.82 Å². The van der Waals surface area contributed by atoms with Crippen LogP contribution in [0.1, 0.15) is 62.1 Å². The predicted molar refractivity (Wildman–Crippen MR) is 153 cm³/mol. The average Bonchev–Trinajstić information content (AvgIpc) is 3.54. The Morgan fingerprint density at radius 3 is 2.72 bits per heavy atom. The zero-order valence-corrected chi connectivity index (χ0v) is 22.6. The third-order valence-corrected chi connectivity index (χ3v) is 8.80. The number of fused-ring (bicyclic) bond motifs is 1. The maximum absolute atomic E-state index is 15.6. The second-order valence-corrected chi connectivity index (χ2v) is 11.3. The zero-order chi connectivity index (χ0) is 27.1. The molecule has 2 N–H and O–H groups in total. The maximum atomic E-state index is 15.6. The summed E-state index contributed by atoms with van der Waals surface area (Å²) in [7, 11) is 0.